The summed E-state index contributed by atoms with van der Waals surface area (Å²) >= 11 is 0. The van der Waals surface area contributed by atoms with Gasteiger partial charge in [-0.2, -0.15) is 0 Å². The summed E-state index contributed by atoms with van der Waals surface area (Å²) in [7, 11) is -3.77. The average molecular weight is 1440 g/mol. The van der Waals surface area contributed by atoms with Crippen LogP contribution in [-0.2, 0) is 9.31 Å². The fourth-order valence-corrected chi connectivity index (χ4v) is 18.9. The Morgan fingerprint density at radius 3 is 0.526 bits per heavy atom. The molecule has 0 saturated carbocycles. The summed E-state index contributed by atoms with van der Waals surface area (Å²) in [6.07, 6.45) is -17.6. The number of hydrogen-bond acceptors (Lipinski definition) is 2. The number of unbranched alkanes of at least 4 members (excludes halogenated alkanes) is 2. The van der Waals surface area contributed by atoms with Gasteiger partial charge >= 0.3 is 0 Å². The van der Waals surface area contributed by atoms with E-state index in [1.54, 1.807) is 38.1 Å². The van der Waals surface area contributed by atoms with Crippen molar-refractivity contribution < 1.29 is 141 Å². The number of rotatable bonds is 20. The zero-order chi connectivity index (χ0) is 72.8. The Labute approximate surface area is 528 Å². The second-order valence-corrected chi connectivity index (χ2v) is 26.3. The molecule has 0 bridgehead atoms. The van der Waals surface area contributed by atoms with Crippen molar-refractivity contribution in [1.82, 2.24) is 0 Å². The van der Waals surface area contributed by atoms with Crippen LogP contribution in [0.4, 0.5) is 132 Å². The second kappa shape index (κ2) is 27.5. The monoisotopic (exact) mass is 1440 g/mol. The van der Waals surface area contributed by atoms with Crippen LogP contribution in [0.15, 0.2) is 24.3 Å². The number of benzene rings is 8. The van der Waals surface area contributed by atoms with Crippen LogP contribution in [0.25, 0.3) is 0 Å². The zero-order valence-corrected chi connectivity index (χ0v) is 50.6. The molecule has 0 aliphatic carbocycles. The van der Waals surface area contributed by atoms with Crippen molar-refractivity contribution in [2.75, 3.05) is 25.5 Å². The summed E-state index contributed by atoms with van der Waals surface area (Å²) in [4.78, 5) is 0. The number of hydrogen-bond donors (Lipinski definition) is 0. The minimum atomic E-state index is -6.53. The lowest BCUT2D eigenvalue weighted by atomic mass is 9.27. The molecule has 97 heavy (non-hydrogen) atoms. The molecule has 0 amide bonds. The molecule has 0 unspecified atom stereocenters. The van der Waals surface area contributed by atoms with Crippen LogP contribution in [0.5, 0.6) is 0 Å². The van der Waals surface area contributed by atoms with Gasteiger partial charge in [-0.05, 0) is 89.5 Å². The summed E-state index contributed by atoms with van der Waals surface area (Å²) in [6.45, 7) is 5.50. The molecule has 0 spiro atoms. The van der Waals surface area contributed by atoms with Crippen LogP contribution in [-0.4, -0.2) is 38.2 Å². The van der Waals surface area contributed by atoms with Crippen molar-refractivity contribution in [2.45, 2.75) is 67.2 Å². The minimum absolute atomic E-state index is 0.306. The Kier molecular flexibility index (Phi) is 21.2. The van der Waals surface area contributed by atoms with Crippen LogP contribution < -0.4 is 43.4 Å². The van der Waals surface area contributed by atoms with Gasteiger partial charge in [-0.1, -0.05) is 68.2 Å². The lowest BCUT2D eigenvalue weighted by molar-refractivity contribution is 0.303. The van der Waals surface area contributed by atoms with E-state index >= 15 is 105 Å². The van der Waals surface area contributed by atoms with Crippen molar-refractivity contribution in [1.29, 1.82) is 0 Å². The highest BCUT2D eigenvalue weighted by Gasteiger charge is 2.53. The maximum Gasteiger partial charge on any atom is 0.216 e. The molecule has 8 rings (SSSR count). The quantitative estimate of drug-likeness (QED) is 0.0189. The van der Waals surface area contributed by atoms with Gasteiger partial charge in [0.05, 0.1) is 19.6 Å². The molecule has 2 nitrogen and oxygen atoms in total. The fraction of sp³-hybridized carbons (Fsp3) is 0.226. The van der Waals surface area contributed by atoms with Gasteiger partial charge in [-0.15, -0.1) is 0 Å². The molecule has 8 aromatic carbocycles. The van der Waals surface area contributed by atoms with E-state index in [1.807, 2.05) is 0 Å². The summed E-state index contributed by atoms with van der Waals surface area (Å²) in [5.74, 6) is -99.6. The maximum absolute atomic E-state index is 16.4. The van der Waals surface area contributed by atoms with Gasteiger partial charge in [0.15, 0.2) is 105 Å². The van der Waals surface area contributed by atoms with E-state index in [0.29, 0.717) is 44.0 Å². The van der Waals surface area contributed by atoms with Gasteiger partial charge in [-0.25, -0.2) is 132 Å². The van der Waals surface area contributed by atoms with Crippen molar-refractivity contribution in [3.05, 3.63) is 232 Å². The van der Waals surface area contributed by atoms with E-state index < -0.39 is 278 Å². The Morgan fingerprint density at radius 1 is 0.227 bits per heavy atom. The molecule has 0 atom stereocenters. The van der Waals surface area contributed by atoms with E-state index in [0.717, 1.165) is 0 Å². The van der Waals surface area contributed by atoms with Crippen LogP contribution >= 0.6 is 7.26 Å². The molecular formula is C62H38B2F30O2P-. The fourth-order valence-electron chi connectivity index (χ4n) is 13.1. The van der Waals surface area contributed by atoms with Crippen LogP contribution in [0.2, 0.25) is 0 Å². The highest BCUT2D eigenvalue weighted by atomic mass is 31.2. The molecule has 0 heterocycles. The predicted octanol–water partition coefficient (Wildman–Crippen LogP) is 14.6. The van der Waals surface area contributed by atoms with Crippen molar-refractivity contribution in [2.24, 2.45) is 0 Å². The predicted molar refractivity (Wildman–Crippen MR) is 294 cm³/mol. The molecule has 0 saturated heterocycles. The van der Waals surface area contributed by atoms with Gasteiger partial charge < -0.3 is 9.31 Å². The summed E-state index contributed by atoms with van der Waals surface area (Å²) < 4.78 is 480. The number of aryl methyl sites for hydroxylation is 6. The first-order chi connectivity index (χ1) is 45.1. The lowest BCUT2D eigenvalue weighted by Gasteiger charge is -2.44. The highest BCUT2D eigenvalue weighted by Crippen LogP contribution is 2.61. The van der Waals surface area contributed by atoms with Crippen molar-refractivity contribution in [3.63, 3.8) is 0 Å². The van der Waals surface area contributed by atoms with Crippen molar-refractivity contribution in [3.8, 4) is 0 Å². The summed E-state index contributed by atoms with van der Waals surface area (Å²) in [5.41, 5.74) is -16.2. The average Bonchev–Trinajstić information content (AvgIpc) is 0.710. The minimum Gasteiger partial charge on any atom is -0.579 e. The molecule has 520 valence electrons. The molecule has 0 aliphatic heterocycles. The van der Waals surface area contributed by atoms with Crippen LogP contribution in [0, 0.1) is 216 Å². The number of halogens is 30. The van der Waals surface area contributed by atoms with Crippen molar-refractivity contribution >= 4 is 63.3 Å². The van der Waals surface area contributed by atoms with Gasteiger partial charge in [0.2, 0.25) is 12.7 Å². The first kappa shape index (κ1) is 74.9. The Hall–Kier alpha value is -7.86. The molecule has 0 aromatic heterocycles. The third kappa shape index (κ3) is 11.7. The Morgan fingerprint density at radius 2 is 0.371 bits per heavy atom. The van der Waals surface area contributed by atoms with Gasteiger partial charge in [-0.3, -0.25) is 0 Å². The topological polar surface area (TPSA) is 18.5 Å². The normalized spacial score (nSPS) is 12.3. The van der Waals surface area contributed by atoms with E-state index in [2.05, 4.69) is 0 Å². The summed E-state index contributed by atoms with van der Waals surface area (Å²) in [5, 5.41) is 0.612. The summed E-state index contributed by atoms with van der Waals surface area (Å²) in [6, 6.07) is 6.19. The molecule has 35 heteroatoms. The maximum atomic E-state index is 16.4. The van der Waals surface area contributed by atoms with Crippen LogP contribution in [0.3, 0.4) is 0 Å². The SMILES string of the molecule is Cc1cc(C)c([P+](CCCCO[B-](c2c(F)c(F)c(F)c(F)c2F)(c2c(F)c(F)c(F)c(F)c2F)c2c(F)c(F)c(F)c(F)c2F)(CCCCO[B-](c2c(F)c(F)c(F)c(F)c2F)(c2c(F)c(F)c(F)c(F)c2F)c2c(F)c(F)c(F)c(F)c2F)c2c(C)cc(C)cc2C)c(C)c1. The largest absolute Gasteiger partial charge is 0.579 e. The third-order valence-electron chi connectivity index (χ3n) is 16.6. The Balaban J connectivity index is 1.34. The van der Waals surface area contributed by atoms with Gasteiger partial charge in [0.1, 0.15) is 80.4 Å². The molecule has 8 aromatic rings. The zero-order valence-electron chi connectivity index (χ0n) is 49.7. The van der Waals surface area contributed by atoms with E-state index in [9.17, 15) is 26.3 Å². The smallest absolute Gasteiger partial charge is 0.216 e. The lowest BCUT2D eigenvalue weighted by Crippen LogP contribution is -2.75. The highest BCUT2D eigenvalue weighted by molar-refractivity contribution is 7.89. The van der Waals surface area contributed by atoms with E-state index in [1.165, 1.54) is 27.7 Å². The van der Waals surface area contributed by atoms with E-state index in [-0.39, 0.29) is 0 Å². The second-order valence-electron chi connectivity index (χ2n) is 22.5. The standard InChI is InChI=1S/C62H38B2F30O2P/c1-19-15-21(3)61(22(4)16-19)97(62-23(5)17-20(2)18-24(62)6,13-9-7-11-95-63(25-31(65)43(77)55(89)44(78)32(25)66,26-33(67)45(79)56(90)46(80)34(26)68)27-35(69)47(81)57(91)48(82)36(27)70)14-10-8-12-96-64(28-37(71)49(83)58(92)50(84)38(28)72,29-39(73)51(85)59(93)52(86)40(29)74)30-41(75)53(87)60(94)54(88)42(30)76/h15-18H,7-14H2,1-6H3/q-1. The molecule has 0 radical (unpaired) electrons. The Bertz CT molecular complexity index is 3760. The molecular weight excluding hydrogens is 1400 g/mol. The first-order valence-corrected chi connectivity index (χ1v) is 30.0. The molecule has 0 aliphatic rings. The first-order valence-electron chi connectivity index (χ1n) is 27.8. The van der Waals surface area contributed by atoms with E-state index in [4.69, 9.17) is 9.31 Å². The molecule has 0 fully saturated rings. The third-order valence-corrected chi connectivity index (χ3v) is 21.9. The van der Waals surface area contributed by atoms with Gasteiger partial charge in [0.25, 0.3) is 0 Å². The van der Waals surface area contributed by atoms with Crippen LogP contribution in [0.1, 0.15) is 59.1 Å². The molecule has 0 N–H and O–H groups in total. The van der Waals surface area contributed by atoms with Gasteiger partial charge in [0, 0.05) is 13.2 Å².